The lowest BCUT2D eigenvalue weighted by Crippen LogP contribution is -2.27. The van der Waals surface area contributed by atoms with Crippen LogP contribution in [0.3, 0.4) is 0 Å². The molecule has 3 nitrogen and oxygen atoms in total. The molecular weight excluding hydrogens is 350 g/mol. The zero-order valence-corrected chi connectivity index (χ0v) is 13.0. The van der Waals surface area contributed by atoms with Gasteiger partial charge in [-0.2, -0.15) is 0 Å². The van der Waals surface area contributed by atoms with Crippen molar-refractivity contribution >= 4 is 37.8 Å². The van der Waals surface area contributed by atoms with Crippen LogP contribution in [0.4, 0.5) is 0 Å². The monoisotopic (exact) mass is 363 g/mol. The molecule has 0 saturated heterocycles. The Bertz CT molecular complexity index is 396. The van der Waals surface area contributed by atoms with Gasteiger partial charge in [-0.05, 0) is 31.5 Å². The van der Waals surface area contributed by atoms with Gasteiger partial charge in [-0.15, -0.1) is 0 Å². The molecule has 17 heavy (non-hydrogen) atoms. The maximum absolute atomic E-state index is 11.2. The van der Waals surface area contributed by atoms with Crippen LogP contribution in [-0.4, -0.2) is 19.1 Å². The third-order valence-electron chi connectivity index (χ3n) is 2.29. The summed E-state index contributed by atoms with van der Waals surface area (Å²) in [5, 5.41) is 3.12. The summed E-state index contributed by atoms with van der Waals surface area (Å²) in [7, 11) is 0. The van der Waals surface area contributed by atoms with E-state index in [0.29, 0.717) is 6.61 Å². The first-order chi connectivity index (χ1) is 8.04. The first-order valence-electron chi connectivity index (χ1n) is 5.38. The molecule has 0 amide bonds. The van der Waals surface area contributed by atoms with E-state index < -0.39 is 0 Å². The Balaban J connectivity index is 2.57. The van der Waals surface area contributed by atoms with Crippen LogP contribution in [0, 0.1) is 0 Å². The lowest BCUT2D eigenvalue weighted by atomic mass is 10.1. The van der Waals surface area contributed by atoms with Gasteiger partial charge in [0.15, 0.2) is 0 Å². The molecule has 1 unspecified atom stereocenters. The van der Waals surface area contributed by atoms with Crippen molar-refractivity contribution < 1.29 is 9.53 Å². The summed E-state index contributed by atoms with van der Waals surface area (Å²) in [6.45, 7) is 4.44. The number of hydrogen-bond acceptors (Lipinski definition) is 3. The molecule has 0 aromatic heterocycles. The highest BCUT2D eigenvalue weighted by Crippen LogP contribution is 2.26. The zero-order chi connectivity index (χ0) is 12.8. The Morgan fingerprint density at radius 1 is 1.47 bits per heavy atom. The molecule has 0 fully saturated rings. The number of hydrogen-bond donors (Lipinski definition) is 1. The molecule has 0 spiro atoms. The summed E-state index contributed by atoms with van der Waals surface area (Å²) in [6.07, 6.45) is 0. The minimum absolute atomic E-state index is 0.0851. The van der Waals surface area contributed by atoms with Crippen molar-refractivity contribution in [2.75, 3.05) is 13.2 Å². The molecule has 0 bridgehead atoms. The van der Waals surface area contributed by atoms with Gasteiger partial charge in [-0.25, -0.2) is 0 Å². The van der Waals surface area contributed by atoms with Crippen LogP contribution in [0.2, 0.25) is 0 Å². The van der Waals surface area contributed by atoms with E-state index in [-0.39, 0.29) is 18.6 Å². The van der Waals surface area contributed by atoms with Crippen LogP contribution in [0.15, 0.2) is 27.1 Å². The summed E-state index contributed by atoms with van der Waals surface area (Å²) >= 11 is 6.90. The summed E-state index contributed by atoms with van der Waals surface area (Å²) in [5.41, 5.74) is 1.11. The van der Waals surface area contributed by atoms with Crippen molar-refractivity contribution in [3.63, 3.8) is 0 Å². The minimum atomic E-state index is -0.229. The summed E-state index contributed by atoms with van der Waals surface area (Å²) in [5.74, 6) is -0.229. The van der Waals surface area contributed by atoms with Crippen molar-refractivity contribution in [2.45, 2.75) is 19.9 Å². The van der Waals surface area contributed by atoms with E-state index in [0.717, 1.165) is 14.5 Å². The lowest BCUT2D eigenvalue weighted by molar-refractivity contribution is -0.142. The van der Waals surface area contributed by atoms with Gasteiger partial charge in [0.2, 0.25) is 0 Å². The van der Waals surface area contributed by atoms with Crippen LogP contribution < -0.4 is 5.32 Å². The average molecular weight is 365 g/mol. The fraction of sp³-hybridized carbons (Fsp3) is 0.417. The van der Waals surface area contributed by atoms with Gasteiger partial charge in [0.1, 0.15) is 0 Å². The van der Waals surface area contributed by atoms with Gasteiger partial charge in [0.05, 0.1) is 13.2 Å². The van der Waals surface area contributed by atoms with E-state index in [1.807, 2.05) is 25.1 Å². The Morgan fingerprint density at radius 2 is 2.18 bits per heavy atom. The van der Waals surface area contributed by atoms with Crippen molar-refractivity contribution in [3.8, 4) is 0 Å². The van der Waals surface area contributed by atoms with Crippen LogP contribution in [0.25, 0.3) is 0 Å². The van der Waals surface area contributed by atoms with Gasteiger partial charge < -0.3 is 10.1 Å². The predicted molar refractivity (Wildman–Crippen MR) is 74.9 cm³/mol. The first-order valence-corrected chi connectivity index (χ1v) is 6.97. The molecule has 0 saturated carbocycles. The molecule has 1 rings (SSSR count). The highest BCUT2D eigenvalue weighted by molar-refractivity contribution is 9.11. The summed E-state index contributed by atoms with van der Waals surface area (Å²) in [4.78, 5) is 11.2. The van der Waals surface area contributed by atoms with E-state index in [1.165, 1.54) is 0 Å². The molecule has 0 aliphatic heterocycles. The Kier molecular flexibility index (Phi) is 6.16. The van der Waals surface area contributed by atoms with Gasteiger partial charge in [-0.1, -0.05) is 37.9 Å². The number of rotatable bonds is 5. The highest BCUT2D eigenvalue weighted by Gasteiger charge is 2.11. The van der Waals surface area contributed by atoms with Crippen molar-refractivity contribution in [1.29, 1.82) is 0 Å². The second-order valence-corrected chi connectivity index (χ2v) is 5.34. The van der Waals surface area contributed by atoms with Gasteiger partial charge in [-0.3, -0.25) is 4.79 Å². The summed E-state index contributed by atoms with van der Waals surface area (Å²) in [6, 6.07) is 6.05. The number of nitrogens with one attached hydrogen (secondary N) is 1. The number of esters is 1. The minimum Gasteiger partial charge on any atom is -0.465 e. The van der Waals surface area contributed by atoms with Crippen molar-refractivity contribution in [3.05, 3.63) is 32.7 Å². The first kappa shape index (κ1) is 14.7. The smallest absolute Gasteiger partial charge is 0.319 e. The largest absolute Gasteiger partial charge is 0.465 e. The van der Waals surface area contributed by atoms with Crippen LogP contribution in [-0.2, 0) is 9.53 Å². The molecule has 1 aromatic rings. The average Bonchev–Trinajstić information content (AvgIpc) is 2.26. The Hall–Kier alpha value is -0.390. The van der Waals surface area contributed by atoms with Crippen LogP contribution in [0.5, 0.6) is 0 Å². The topological polar surface area (TPSA) is 38.3 Å². The van der Waals surface area contributed by atoms with E-state index in [1.54, 1.807) is 6.92 Å². The fourth-order valence-electron chi connectivity index (χ4n) is 1.41. The normalized spacial score (nSPS) is 12.2. The molecule has 94 valence electrons. The second-order valence-electron chi connectivity index (χ2n) is 3.57. The predicted octanol–water partition coefficient (Wildman–Crippen LogP) is 3.43. The Morgan fingerprint density at radius 3 is 2.76 bits per heavy atom. The SMILES string of the molecule is CCOC(=O)CNC(C)c1ccc(Br)cc1Br. The standard InChI is InChI=1S/C12H15Br2NO2/c1-3-17-12(16)7-15-8(2)10-5-4-9(13)6-11(10)14/h4-6,8,15H,3,7H2,1-2H3. The third-order valence-corrected chi connectivity index (χ3v) is 3.47. The molecule has 0 aliphatic carbocycles. The van der Waals surface area contributed by atoms with Crippen LogP contribution >= 0.6 is 31.9 Å². The molecule has 0 heterocycles. The Labute approximate surface area is 118 Å². The summed E-state index contributed by atoms with van der Waals surface area (Å²) < 4.78 is 6.89. The number of carbonyl (C=O) groups excluding carboxylic acids is 1. The quantitative estimate of drug-likeness (QED) is 0.813. The molecular formula is C12H15Br2NO2. The van der Waals surface area contributed by atoms with Crippen molar-refractivity contribution in [2.24, 2.45) is 0 Å². The second kappa shape index (κ2) is 7.13. The molecule has 1 N–H and O–H groups in total. The number of halogens is 2. The van der Waals surface area contributed by atoms with E-state index >= 15 is 0 Å². The van der Waals surface area contributed by atoms with Gasteiger partial charge in [0, 0.05) is 15.0 Å². The van der Waals surface area contributed by atoms with Gasteiger partial charge in [0.25, 0.3) is 0 Å². The number of benzene rings is 1. The highest BCUT2D eigenvalue weighted by atomic mass is 79.9. The maximum atomic E-state index is 11.2. The molecule has 1 atom stereocenters. The lowest BCUT2D eigenvalue weighted by Gasteiger charge is -2.15. The van der Waals surface area contributed by atoms with E-state index in [9.17, 15) is 4.79 Å². The molecule has 5 heteroatoms. The maximum Gasteiger partial charge on any atom is 0.319 e. The van der Waals surface area contributed by atoms with Crippen molar-refractivity contribution in [1.82, 2.24) is 5.32 Å². The zero-order valence-electron chi connectivity index (χ0n) is 9.80. The number of ether oxygens (including phenoxy) is 1. The van der Waals surface area contributed by atoms with Crippen LogP contribution in [0.1, 0.15) is 25.5 Å². The third kappa shape index (κ3) is 4.77. The molecule has 0 radical (unpaired) electrons. The number of carbonyl (C=O) groups is 1. The van der Waals surface area contributed by atoms with E-state index in [2.05, 4.69) is 37.2 Å². The molecule has 0 aliphatic rings. The van der Waals surface area contributed by atoms with E-state index in [4.69, 9.17) is 4.74 Å². The fourth-order valence-corrected chi connectivity index (χ4v) is 2.80. The molecule has 1 aromatic carbocycles. The van der Waals surface area contributed by atoms with Gasteiger partial charge >= 0.3 is 5.97 Å².